The lowest BCUT2D eigenvalue weighted by atomic mass is 10.2. The first-order chi connectivity index (χ1) is 9.15. The lowest BCUT2D eigenvalue weighted by Gasteiger charge is -2.26. The maximum absolute atomic E-state index is 11.9. The first-order valence-corrected chi connectivity index (χ1v) is 6.68. The minimum absolute atomic E-state index is 0.0551. The number of nitrogens with zero attached hydrogens (tertiary/aromatic N) is 1. The van der Waals surface area contributed by atoms with E-state index in [1.807, 2.05) is 0 Å². The molecule has 0 saturated carbocycles. The average molecular weight is 284 g/mol. The molecule has 0 aliphatic carbocycles. The Labute approximate surface area is 117 Å². The Kier molecular flexibility index (Phi) is 5.01. The molecule has 1 aromatic rings. The zero-order valence-electron chi connectivity index (χ0n) is 10.7. The number of carbonyl (C=O) groups is 1. The summed E-state index contributed by atoms with van der Waals surface area (Å²) < 4.78 is 5.26. The van der Waals surface area contributed by atoms with Crippen LogP contribution >= 0.6 is 11.6 Å². The molecule has 1 fully saturated rings. The number of halogens is 1. The monoisotopic (exact) mass is 283 g/mol. The highest BCUT2D eigenvalue weighted by Crippen LogP contribution is 2.22. The van der Waals surface area contributed by atoms with E-state index in [0.717, 1.165) is 32.8 Å². The molecule has 1 amide bonds. The van der Waals surface area contributed by atoms with Gasteiger partial charge in [0.25, 0.3) is 0 Å². The standard InChI is InChI=1S/C13H18ClN3O2/c14-10-1-2-11(15)12(9-10)16-13(18)3-4-17-5-7-19-8-6-17/h1-2,9H,3-8,15H2,(H,16,18). The normalized spacial score (nSPS) is 16.3. The number of ether oxygens (including phenoxy) is 1. The van der Waals surface area contributed by atoms with Crippen LogP contribution in [0, 0.1) is 0 Å². The number of hydrogen-bond acceptors (Lipinski definition) is 4. The Morgan fingerprint density at radius 1 is 1.42 bits per heavy atom. The summed E-state index contributed by atoms with van der Waals surface area (Å²) in [7, 11) is 0. The average Bonchev–Trinajstić information content (AvgIpc) is 2.42. The van der Waals surface area contributed by atoms with Crippen LogP contribution in [0.1, 0.15) is 6.42 Å². The molecular formula is C13H18ClN3O2. The Balaban J connectivity index is 1.81. The van der Waals surface area contributed by atoms with Crippen LogP contribution in [-0.4, -0.2) is 43.7 Å². The number of rotatable bonds is 4. The Bertz CT molecular complexity index is 448. The molecule has 1 aliphatic rings. The van der Waals surface area contributed by atoms with Crippen LogP contribution in [-0.2, 0) is 9.53 Å². The third kappa shape index (κ3) is 4.38. The Morgan fingerprint density at radius 2 is 2.16 bits per heavy atom. The van der Waals surface area contributed by atoms with Crippen LogP contribution in [0.15, 0.2) is 18.2 Å². The minimum atomic E-state index is -0.0551. The number of nitrogens with two attached hydrogens (primary N) is 1. The largest absolute Gasteiger partial charge is 0.397 e. The number of hydrogen-bond donors (Lipinski definition) is 2. The summed E-state index contributed by atoms with van der Waals surface area (Å²) in [5.41, 5.74) is 6.86. The summed E-state index contributed by atoms with van der Waals surface area (Å²) >= 11 is 5.87. The van der Waals surface area contributed by atoms with Crippen molar-refractivity contribution in [2.75, 3.05) is 43.9 Å². The van der Waals surface area contributed by atoms with Gasteiger partial charge in [-0.3, -0.25) is 9.69 Å². The molecule has 6 heteroatoms. The molecule has 3 N–H and O–H groups in total. The van der Waals surface area contributed by atoms with Crippen molar-refractivity contribution in [3.63, 3.8) is 0 Å². The van der Waals surface area contributed by atoms with Gasteiger partial charge in [-0.25, -0.2) is 0 Å². The molecule has 1 aliphatic heterocycles. The van der Waals surface area contributed by atoms with Gasteiger partial charge in [-0.1, -0.05) is 11.6 Å². The predicted molar refractivity (Wildman–Crippen MR) is 76.4 cm³/mol. The number of benzene rings is 1. The summed E-state index contributed by atoms with van der Waals surface area (Å²) in [6.45, 7) is 3.97. The third-order valence-corrected chi connectivity index (χ3v) is 3.28. The van der Waals surface area contributed by atoms with Crippen LogP contribution in [0.4, 0.5) is 11.4 Å². The lowest BCUT2D eigenvalue weighted by molar-refractivity contribution is -0.116. The fourth-order valence-electron chi connectivity index (χ4n) is 1.93. The van der Waals surface area contributed by atoms with Crippen molar-refractivity contribution in [1.29, 1.82) is 0 Å². The summed E-state index contributed by atoms with van der Waals surface area (Å²) in [5, 5.41) is 3.34. The second kappa shape index (κ2) is 6.75. The van der Waals surface area contributed by atoms with E-state index < -0.39 is 0 Å². The summed E-state index contributed by atoms with van der Waals surface area (Å²) in [5.74, 6) is -0.0551. The molecule has 0 spiro atoms. The zero-order valence-corrected chi connectivity index (χ0v) is 11.4. The van der Waals surface area contributed by atoms with Crippen LogP contribution < -0.4 is 11.1 Å². The maximum atomic E-state index is 11.9. The van der Waals surface area contributed by atoms with Crippen molar-refractivity contribution in [3.8, 4) is 0 Å². The van der Waals surface area contributed by atoms with Crippen molar-refractivity contribution in [2.45, 2.75) is 6.42 Å². The Hall–Kier alpha value is -1.30. The highest BCUT2D eigenvalue weighted by atomic mass is 35.5. The van der Waals surface area contributed by atoms with Crippen molar-refractivity contribution < 1.29 is 9.53 Å². The number of nitrogens with one attached hydrogen (secondary N) is 1. The van der Waals surface area contributed by atoms with Gasteiger partial charge in [0.1, 0.15) is 0 Å². The van der Waals surface area contributed by atoms with Crippen molar-refractivity contribution in [3.05, 3.63) is 23.2 Å². The van der Waals surface area contributed by atoms with Gasteiger partial charge in [0.05, 0.1) is 24.6 Å². The van der Waals surface area contributed by atoms with Crippen LogP contribution in [0.2, 0.25) is 5.02 Å². The van der Waals surface area contributed by atoms with Gasteiger partial charge < -0.3 is 15.8 Å². The van der Waals surface area contributed by atoms with E-state index in [1.54, 1.807) is 18.2 Å². The SMILES string of the molecule is Nc1ccc(Cl)cc1NC(=O)CCN1CCOCC1. The number of carbonyl (C=O) groups excluding carboxylic acids is 1. The van der Waals surface area contributed by atoms with E-state index >= 15 is 0 Å². The van der Waals surface area contributed by atoms with Crippen LogP contribution in [0.5, 0.6) is 0 Å². The van der Waals surface area contributed by atoms with Gasteiger partial charge in [0.15, 0.2) is 0 Å². The molecule has 0 radical (unpaired) electrons. The van der Waals surface area contributed by atoms with Crippen LogP contribution in [0.3, 0.4) is 0 Å². The summed E-state index contributed by atoms with van der Waals surface area (Å²) in [4.78, 5) is 14.1. The summed E-state index contributed by atoms with van der Waals surface area (Å²) in [6, 6.07) is 5.03. The summed E-state index contributed by atoms with van der Waals surface area (Å²) in [6.07, 6.45) is 0.436. The minimum Gasteiger partial charge on any atom is -0.397 e. The van der Waals surface area contributed by atoms with Crippen LogP contribution in [0.25, 0.3) is 0 Å². The van der Waals surface area contributed by atoms with E-state index in [9.17, 15) is 4.79 Å². The highest BCUT2D eigenvalue weighted by molar-refractivity contribution is 6.31. The van der Waals surface area contributed by atoms with E-state index in [-0.39, 0.29) is 5.91 Å². The van der Waals surface area contributed by atoms with Gasteiger partial charge in [-0.05, 0) is 18.2 Å². The fourth-order valence-corrected chi connectivity index (χ4v) is 2.11. The van der Waals surface area contributed by atoms with Gasteiger partial charge in [-0.2, -0.15) is 0 Å². The molecule has 0 atom stereocenters. The van der Waals surface area contributed by atoms with Gasteiger partial charge >= 0.3 is 0 Å². The first kappa shape index (κ1) is 14.1. The van der Waals surface area contributed by atoms with Gasteiger partial charge in [0.2, 0.25) is 5.91 Å². The van der Waals surface area contributed by atoms with Gasteiger partial charge in [0, 0.05) is 31.1 Å². The smallest absolute Gasteiger partial charge is 0.225 e. The van der Waals surface area contributed by atoms with E-state index in [4.69, 9.17) is 22.1 Å². The number of anilines is 2. The highest BCUT2D eigenvalue weighted by Gasteiger charge is 2.12. The Morgan fingerprint density at radius 3 is 2.89 bits per heavy atom. The third-order valence-electron chi connectivity index (χ3n) is 3.05. The zero-order chi connectivity index (χ0) is 13.7. The number of morpholine rings is 1. The van der Waals surface area contributed by atoms with Crippen molar-refractivity contribution in [2.24, 2.45) is 0 Å². The van der Waals surface area contributed by atoms with E-state index in [0.29, 0.717) is 22.8 Å². The van der Waals surface area contributed by atoms with E-state index in [1.165, 1.54) is 0 Å². The molecule has 104 valence electrons. The number of nitrogen functional groups attached to an aromatic ring is 1. The maximum Gasteiger partial charge on any atom is 0.225 e. The molecular weight excluding hydrogens is 266 g/mol. The first-order valence-electron chi connectivity index (χ1n) is 6.30. The fraction of sp³-hybridized carbons (Fsp3) is 0.462. The molecule has 1 heterocycles. The molecule has 0 unspecified atom stereocenters. The van der Waals surface area contributed by atoms with Gasteiger partial charge in [-0.15, -0.1) is 0 Å². The second-order valence-electron chi connectivity index (χ2n) is 4.48. The quantitative estimate of drug-likeness (QED) is 0.824. The lowest BCUT2D eigenvalue weighted by Crippen LogP contribution is -2.38. The van der Waals surface area contributed by atoms with Crippen molar-refractivity contribution in [1.82, 2.24) is 4.90 Å². The second-order valence-corrected chi connectivity index (χ2v) is 4.92. The molecule has 19 heavy (non-hydrogen) atoms. The molecule has 0 aromatic heterocycles. The predicted octanol–water partition coefficient (Wildman–Crippen LogP) is 1.58. The molecule has 0 bridgehead atoms. The van der Waals surface area contributed by atoms with Crippen molar-refractivity contribution >= 4 is 28.9 Å². The molecule has 1 saturated heterocycles. The topological polar surface area (TPSA) is 67.6 Å². The number of amides is 1. The van der Waals surface area contributed by atoms with E-state index in [2.05, 4.69) is 10.2 Å². The molecule has 5 nitrogen and oxygen atoms in total. The molecule has 1 aromatic carbocycles. The molecule has 2 rings (SSSR count).